The first-order chi connectivity index (χ1) is 9.70. The fraction of sp³-hybridized carbons (Fsp3) is 0.250. The van der Waals surface area contributed by atoms with Crippen molar-refractivity contribution in [2.24, 2.45) is 5.92 Å². The van der Waals surface area contributed by atoms with Crippen molar-refractivity contribution >= 4 is 23.3 Å². The Labute approximate surface area is 122 Å². The van der Waals surface area contributed by atoms with Crippen molar-refractivity contribution in [2.75, 3.05) is 6.54 Å². The minimum Gasteiger partial charge on any atom is -0.624 e. The maximum atomic E-state index is 12.3. The van der Waals surface area contributed by atoms with Crippen molar-refractivity contribution < 1.29 is 9.53 Å². The van der Waals surface area contributed by atoms with Crippen LogP contribution in [0.5, 0.6) is 0 Å². The minimum absolute atomic E-state index is 0.0600. The molecule has 0 amide bonds. The molecule has 0 N–H and O–H groups in total. The van der Waals surface area contributed by atoms with Gasteiger partial charge < -0.3 is 5.21 Å². The molecule has 0 spiro atoms. The Bertz CT molecular complexity index is 576. The molecule has 1 unspecified atom stereocenters. The summed E-state index contributed by atoms with van der Waals surface area (Å²) >= 11 is 1.43. The molecule has 20 heavy (non-hydrogen) atoms. The molecular formula is C16H17NO2S. The molecule has 0 aliphatic heterocycles. The lowest BCUT2D eigenvalue weighted by Crippen LogP contribution is -2.24. The quantitative estimate of drug-likeness (QED) is 0.268. The highest BCUT2D eigenvalue weighted by Crippen LogP contribution is 2.17. The monoisotopic (exact) mass is 287 g/mol. The minimum atomic E-state index is -0.258. The summed E-state index contributed by atoms with van der Waals surface area (Å²) in [5.41, 5.74) is 0.848. The summed E-state index contributed by atoms with van der Waals surface area (Å²) in [6.07, 6.45) is 2.20. The van der Waals surface area contributed by atoms with Crippen molar-refractivity contribution in [1.82, 2.24) is 0 Å². The van der Waals surface area contributed by atoms with E-state index in [2.05, 4.69) is 0 Å². The van der Waals surface area contributed by atoms with Crippen molar-refractivity contribution in [3.05, 3.63) is 63.5 Å². The number of thiophene rings is 1. The van der Waals surface area contributed by atoms with Crippen molar-refractivity contribution in [2.45, 2.75) is 13.3 Å². The van der Waals surface area contributed by atoms with Crippen LogP contribution in [0.1, 0.15) is 28.6 Å². The molecule has 3 nitrogen and oxygen atoms in total. The topological polar surface area (TPSA) is 43.1 Å². The maximum absolute atomic E-state index is 12.3. The average molecular weight is 287 g/mol. The van der Waals surface area contributed by atoms with Crippen LogP contribution in [-0.2, 0) is 0 Å². The summed E-state index contributed by atoms with van der Waals surface area (Å²) in [7, 11) is 0. The third-order valence-corrected chi connectivity index (χ3v) is 4.01. The van der Waals surface area contributed by atoms with Crippen LogP contribution in [0.15, 0.2) is 47.8 Å². The van der Waals surface area contributed by atoms with Crippen LogP contribution in [0.4, 0.5) is 0 Å². The molecule has 0 bridgehead atoms. The van der Waals surface area contributed by atoms with Gasteiger partial charge in [-0.2, -0.15) is 0 Å². The highest BCUT2D eigenvalue weighted by molar-refractivity contribution is 7.12. The van der Waals surface area contributed by atoms with Gasteiger partial charge in [0.1, 0.15) is 0 Å². The molecule has 0 aliphatic carbocycles. The van der Waals surface area contributed by atoms with Gasteiger partial charge in [-0.15, -0.1) is 11.3 Å². The van der Waals surface area contributed by atoms with E-state index < -0.39 is 0 Å². The van der Waals surface area contributed by atoms with Crippen LogP contribution in [0, 0.1) is 11.1 Å². The van der Waals surface area contributed by atoms with Gasteiger partial charge in [0.15, 0.2) is 18.5 Å². The highest BCUT2D eigenvalue weighted by Gasteiger charge is 2.22. The predicted octanol–water partition coefficient (Wildman–Crippen LogP) is 3.59. The molecule has 104 valence electrons. The second-order valence-electron chi connectivity index (χ2n) is 4.59. The average Bonchev–Trinajstić information content (AvgIpc) is 2.99. The lowest BCUT2D eigenvalue weighted by atomic mass is 10.00. The first kappa shape index (κ1) is 14.5. The zero-order valence-electron chi connectivity index (χ0n) is 11.4. The molecular weight excluding hydrogens is 270 g/mol. The molecule has 2 aromatic rings. The number of Topliss-reactive ketones (excluding diaryl/α,β-unsaturated/α-hetero) is 1. The van der Waals surface area contributed by atoms with Crippen molar-refractivity contribution in [3.8, 4) is 0 Å². The first-order valence-electron chi connectivity index (χ1n) is 6.62. The van der Waals surface area contributed by atoms with Crippen molar-refractivity contribution in [1.29, 1.82) is 0 Å². The fourth-order valence-electron chi connectivity index (χ4n) is 1.99. The van der Waals surface area contributed by atoms with E-state index in [0.717, 1.165) is 15.2 Å². The zero-order valence-corrected chi connectivity index (χ0v) is 12.2. The van der Waals surface area contributed by atoms with E-state index in [0.29, 0.717) is 6.42 Å². The molecule has 1 aromatic carbocycles. The number of benzene rings is 1. The smallest absolute Gasteiger partial charge is 0.182 e. The number of rotatable bonds is 6. The van der Waals surface area contributed by atoms with E-state index >= 15 is 0 Å². The van der Waals surface area contributed by atoms with Gasteiger partial charge in [0.2, 0.25) is 0 Å². The van der Waals surface area contributed by atoms with Gasteiger partial charge in [-0.25, -0.2) is 4.74 Å². The lowest BCUT2D eigenvalue weighted by molar-refractivity contribution is -0.458. The zero-order chi connectivity index (χ0) is 14.4. The Morgan fingerprint density at radius 1 is 1.30 bits per heavy atom. The number of hydroxylamine groups is 1. The molecule has 2 rings (SSSR count). The Kier molecular flexibility index (Phi) is 5.07. The van der Waals surface area contributed by atoms with E-state index in [4.69, 9.17) is 0 Å². The largest absolute Gasteiger partial charge is 0.624 e. The van der Waals surface area contributed by atoms with Crippen LogP contribution in [0.25, 0.3) is 0 Å². The van der Waals surface area contributed by atoms with Gasteiger partial charge in [-0.3, -0.25) is 4.79 Å². The Morgan fingerprint density at radius 3 is 2.65 bits per heavy atom. The number of ketones is 1. The molecule has 1 aromatic heterocycles. The molecule has 1 heterocycles. The second-order valence-corrected chi connectivity index (χ2v) is 5.53. The van der Waals surface area contributed by atoms with Gasteiger partial charge in [0, 0.05) is 5.56 Å². The van der Waals surface area contributed by atoms with Gasteiger partial charge >= 0.3 is 0 Å². The normalized spacial score (nSPS) is 13.2. The SMILES string of the molecule is CCC(C[N+]([O-])=Cc1ccccc1)C(=O)c1cccs1. The molecule has 0 saturated heterocycles. The summed E-state index contributed by atoms with van der Waals surface area (Å²) < 4.78 is 0.856. The summed E-state index contributed by atoms with van der Waals surface area (Å²) in [4.78, 5) is 13.0. The molecule has 0 radical (unpaired) electrons. The van der Waals surface area contributed by atoms with Crippen LogP contribution in [0.3, 0.4) is 0 Å². The lowest BCUT2D eigenvalue weighted by Gasteiger charge is -2.12. The van der Waals surface area contributed by atoms with Crippen LogP contribution in [-0.4, -0.2) is 23.3 Å². The Hall–Kier alpha value is -1.94. The van der Waals surface area contributed by atoms with Gasteiger partial charge in [-0.05, 0) is 30.0 Å². The summed E-state index contributed by atoms with van der Waals surface area (Å²) in [5, 5.41) is 13.8. The van der Waals surface area contributed by atoms with Gasteiger partial charge in [0.25, 0.3) is 0 Å². The van der Waals surface area contributed by atoms with E-state index in [1.54, 1.807) is 0 Å². The molecule has 0 aliphatic rings. The Morgan fingerprint density at radius 2 is 2.05 bits per heavy atom. The molecule has 0 saturated carbocycles. The number of carbonyl (C=O) groups is 1. The number of nitrogens with zero attached hydrogens (tertiary/aromatic N) is 1. The van der Waals surface area contributed by atoms with Gasteiger partial charge in [0.05, 0.1) is 10.8 Å². The summed E-state index contributed by atoms with van der Waals surface area (Å²) in [6.45, 7) is 2.13. The van der Waals surface area contributed by atoms with E-state index in [1.807, 2.05) is 54.8 Å². The van der Waals surface area contributed by atoms with Gasteiger partial charge in [-0.1, -0.05) is 31.2 Å². The third-order valence-electron chi connectivity index (χ3n) is 3.12. The summed E-state index contributed by atoms with van der Waals surface area (Å²) in [6, 6.07) is 13.1. The van der Waals surface area contributed by atoms with E-state index in [-0.39, 0.29) is 18.2 Å². The first-order valence-corrected chi connectivity index (χ1v) is 7.50. The predicted molar refractivity (Wildman–Crippen MR) is 82.5 cm³/mol. The van der Waals surface area contributed by atoms with Crippen LogP contribution >= 0.6 is 11.3 Å². The standard InChI is InChI=1S/C16H17NO2S/c1-2-14(16(18)15-9-6-10-20-15)12-17(19)11-13-7-4-3-5-8-13/h3-11,14H,2,12H2,1H3. The fourth-order valence-corrected chi connectivity index (χ4v) is 2.74. The number of carbonyl (C=O) groups excluding carboxylic acids is 1. The van der Waals surface area contributed by atoms with E-state index in [9.17, 15) is 10.0 Å². The highest BCUT2D eigenvalue weighted by atomic mass is 32.1. The maximum Gasteiger partial charge on any atom is 0.182 e. The van der Waals surface area contributed by atoms with Crippen LogP contribution < -0.4 is 0 Å². The van der Waals surface area contributed by atoms with Crippen molar-refractivity contribution in [3.63, 3.8) is 0 Å². The second kappa shape index (κ2) is 7.01. The number of hydrogen-bond acceptors (Lipinski definition) is 3. The molecule has 4 heteroatoms. The molecule has 1 atom stereocenters. The van der Waals surface area contributed by atoms with Crippen LogP contribution in [0.2, 0.25) is 0 Å². The Balaban J connectivity index is 2.07. The third kappa shape index (κ3) is 3.78. The summed E-state index contributed by atoms with van der Waals surface area (Å²) in [5.74, 6) is -0.198. The number of hydrogen-bond donors (Lipinski definition) is 0. The molecule has 0 fully saturated rings. The van der Waals surface area contributed by atoms with E-state index in [1.165, 1.54) is 17.6 Å².